The van der Waals surface area contributed by atoms with Crippen LogP contribution in [0.25, 0.3) is 0 Å². The molecule has 1 heterocycles. The van der Waals surface area contributed by atoms with Crippen molar-refractivity contribution in [2.45, 2.75) is 25.1 Å². The molecule has 2 rings (SSSR count). The van der Waals surface area contributed by atoms with Gasteiger partial charge < -0.3 is 9.84 Å². The first-order chi connectivity index (χ1) is 7.34. The molecule has 16 heavy (non-hydrogen) atoms. The summed E-state index contributed by atoms with van der Waals surface area (Å²) in [6.07, 6.45) is -4.07. The predicted molar refractivity (Wildman–Crippen MR) is 51.2 cm³/mol. The molecule has 0 radical (unpaired) electrons. The second-order valence-corrected chi connectivity index (χ2v) is 3.97. The maximum absolute atomic E-state index is 12.9. The van der Waals surface area contributed by atoms with Crippen molar-refractivity contribution in [3.8, 4) is 5.75 Å². The van der Waals surface area contributed by atoms with Crippen molar-refractivity contribution < 1.29 is 23.0 Å². The molecule has 0 fully saturated rings. The fraction of sp³-hybridized carbons (Fsp3) is 0.455. The number of benzene rings is 1. The number of rotatable bonds is 0. The average Bonchev–Trinajstić information content (AvgIpc) is 2.15. The Hall–Kier alpha value is -1.23. The summed E-state index contributed by atoms with van der Waals surface area (Å²) < 4.78 is 43.6. The van der Waals surface area contributed by atoms with Crippen LogP contribution in [0.3, 0.4) is 0 Å². The highest BCUT2D eigenvalue weighted by atomic mass is 19.4. The van der Waals surface area contributed by atoms with E-state index in [0.717, 1.165) is 6.92 Å². The summed E-state index contributed by atoms with van der Waals surface area (Å²) >= 11 is 0. The number of phenols is 1. The minimum Gasteiger partial charge on any atom is -0.508 e. The van der Waals surface area contributed by atoms with Gasteiger partial charge in [0.25, 0.3) is 0 Å². The Kier molecular flexibility index (Phi) is 2.38. The van der Waals surface area contributed by atoms with Gasteiger partial charge in [-0.25, -0.2) is 0 Å². The van der Waals surface area contributed by atoms with Gasteiger partial charge in [-0.15, -0.1) is 0 Å². The van der Waals surface area contributed by atoms with Crippen LogP contribution in [0.4, 0.5) is 13.2 Å². The van der Waals surface area contributed by atoms with E-state index in [0.29, 0.717) is 12.0 Å². The lowest BCUT2D eigenvalue weighted by molar-refractivity contribution is -0.281. The van der Waals surface area contributed by atoms with Gasteiger partial charge in [-0.3, -0.25) is 0 Å². The van der Waals surface area contributed by atoms with Crippen molar-refractivity contribution in [1.82, 2.24) is 0 Å². The molecule has 0 saturated carbocycles. The lowest BCUT2D eigenvalue weighted by Gasteiger charge is -2.37. The third-order valence-electron chi connectivity index (χ3n) is 2.91. The topological polar surface area (TPSA) is 29.5 Å². The van der Waals surface area contributed by atoms with Crippen LogP contribution in [0.1, 0.15) is 18.1 Å². The molecule has 1 aliphatic heterocycles. The largest absolute Gasteiger partial charge is 0.508 e. The molecule has 0 aliphatic carbocycles. The lowest BCUT2D eigenvalue weighted by Crippen LogP contribution is -2.45. The van der Waals surface area contributed by atoms with E-state index in [2.05, 4.69) is 0 Å². The van der Waals surface area contributed by atoms with E-state index < -0.39 is 11.8 Å². The van der Waals surface area contributed by atoms with Crippen molar-refractivity contribution in [2.75, 3.05) is 6.61 Å². The lowest BCUT2D eigenvalue weighted by atomic mass is 9.87. The van der Waals surface area contributed by atoms with Crippen LogP contribution in [-0.4, -0.2) is 17.9 Å². The molecule has 1 aromatic rings. The van der Waals surface area contributed by atoms with Gasteiger partial charge in [-0.05, 0) is 36.6 Å². The van der Waals surface area contributed by atoms with Crippen LogP contribution in [-0.2, 0) is 16.8 Å². The Labute approximate surface area is 90.7 Å². The van der Waals surface area contributed by atoms with Crippen LogP contribution < -0.4 is 0 Å². The fourth-order valence-corrected chi connectivity index (χ4v) is 1.93. The van der Waals surface area contributed by atoms with Crippen molar-refractivity contribution in [2.24, 2.45) is 0 Å². The number of ether oxygens (including phenoxy) is 1. The zero-order valence-electron chi connectivity index (χ0n) is 8.64. The minimum atomic E-state index is -4.46. The van der Waals surface area contributed by atoms with Crippen LogP contribution in [0.15, 0.2) is 18.2 Å². The van der Waals surface area contributed by atoms with Crippen molar-refractivity contribution >= 4 is 0 Å². The van der Waals surface area contributed by atoms with Gasteiger partial charge >= 0.3 is 6.18 Å². The Morgan fingerprint density at radius 2 is 2.06 bits per heavy atom. The third kappa shape index (κ3) is 1.55. The normalized spacial score (nSPS) is 25.2. The van der Waals surface area contributed by atoms with E-state index in [-0.39, 0.29) is 17.9 Å². The average molecular weight is 232 g/mol. The maximum atomic E-state index is 12.9. The molecule has 5 heteroatoms. The number of aromatic hydroxyl groups is 1. The smallest absolute Gasteiger partial charge is 0.421 e. The standard InChI is InChI=1S/C11H11F3O2/c1-10(11(12,13)14)9-3-2-8(15)6-7(9)4-5-16-10/h2-3,6,15H,4-5H2,1H3/t10-/m0/s1. The molecular formula is C11H11F3O2. The molecule has 2 nitrogen and oxygen atoms in total. The van der Waals surface area contributed by atoms with Crippen LogP contribution >= 0.6 is 0 Å². The van der Waals surface area contributed by atoms with Gasteiger partial charge in [0.05, 0.1) is 6.61 Å². The molecule has 88 valence electrons. The van der Waals surface area contributed by atoms with Crippen molar-refractivity contribution in [3.05, 3.63) is 29.3 Å². The van der Waals surface area contributed by atoms with Gasteiger partial charge in [0.2, 0.25) is 0 Å². The highest BCUT2D eigenvalue weighted by molar-refractivity contribution is 5.40. The van der Waals surface area contributed by atoms with E-state index in [1.54, 1.807) is 0 Å². The van der Waals surface area contributed by atoms with Gasteiger partial charge in [-0.1, -0.05) is 6.07 Å². The zero-order valence-corrected chi connectivity index (χ0v) is 8.64. The third-order valence-corrected chi connectivity index (χ3v) is 2.91. The van der Waals surface area contributed by atoms with Crippen LogP contribution in [0, 0.1) is 0 Å². The molecule has 1 atom stereocenters. The monoisotopic (exact) mass is 232 g/mol. The molecule has 0 amide bonds. The second kappa shape index (κ2) is 3.38. The zero-order chi connectivity index (χ0) is 12.0. The molecule has 0 aromatic heterocycles. The predicted octanol–water partition coefficient (Wildman–Crippen LogP) is 2.74. The number of phenolic OH excluding ortho intramolecular Hbond substituents is 1. The van der Waals surface area contributed by atoms with Gasteiger partial charge in [0.1, 0.15) is 5.75 Å². The molecule has 1 aliphatic rings. The van der Waals surface area contributed by atoms with E-state index in [1.807, 2.05) is 0 Å². The molecule has 1 N–H and O–H groups in total. The SMILES string of the molecule is C[C@]1(C(F)(F)F)OCCc2cc(O)ccc21. The van der Waals surface area contributed by atoms with Crippen molar-refractivity contribution in [3.63, 3.8) is 0 Å². The number of hydrogen-bond acceptors (Lipinski definition) is 2. The first-order valence-electron chi connectivity index (χ1n) is 4.87. The van der Waals surface area contributed by atoms with Crippen molar-refractivity contribution in [1.29, 1.82) is 0 Å². The molecular weight excluding hydrogens is 221 g/mol. The molecule has 0 saturated heterocycles. The summed E-state index contributed by atoms with van der Waals surface area (Å²) in [7, 11) is 0. The Balaban J connectivity index is 2.56. The highest BCUT2D eigenvalue weighted by Crippen LogP contribution is 2.45. The minimum absolute atomic E-state index is 0.00641. The second-order valence-electron chi connectivity index (χ2n) is 3.97. The Morgan fingerprint density at radius 1 is 1.38 bits per heavy atom. The number of hydrogen-bond donors (Lipinski definition) is 1. The molecule has 0 unspecified atom stereocenters. The number of halogens is 3. The molecule has 1 aromatic carbocycles. The number of alkyl halides is 3. The Bertz CT molecular complexity index is 414. The van der Waals surface area contributed by atoms with Gasteiger partial charge in [0, 0.05) is 0 Å². The van der Waals surface area contributed by atoms with E-state index in [9.17, 15) is 18.3 Å². The van der Waals surface area contributed by atoms with E-state index in [4.69, 9.17) is 4.74 Å². The fourth-order valence-electron chi connectivity index (χ4n) is 1.93. The summed E-state index contributed by atoms with van der Waals surface area (Å²) in [5.74, 6) is -0.0230. The quantitative estimate of drug-likeness (QED) is 0.745. The summed E-state index contributed by atoms with van der Waals surface area (Å²) in [4.78, 5) is 0. The summed E-state index contributed by atoms with van der Waals surface area (Å²) in [6, 6.07) is 3.89. The first-order valence-corrected chi connectivity index (χ1v) is 4.87. The van der Waals surface area contributed by atoms with E-state index in [1.165, 1.54) is 18.2 Å². The maximum Gasteiger partial charge on any atom is 0.421 e. The summed E-state index contributed by atoms with van der Waals surface area (Å²) in [5, 5.41) is 9.24. The van der Waals surface area contributed by atoms with Crippen LogP contribution in [0.5, 0.6) is 5.75 Å². The first kappa shape index (κ1) is 11.3. The molecule has 0 spiro atoms. The van der Waals surface area contributed by atoms with Gasteiger partial charge in [-0.2, -0.15) is 13.2 Å². The molecule has 0 bridgehead atoms. The summed E-state index contributed by atoms with van der Waals surface area (Å²) in [6.45, 7) is 1.02. The van der Waals surface area contributed by atoms with E-state index >= 15 is 0 Å². The Morgan fingerprint density at radius 3 is 2.69 bits per heavy atom. The summed E-state index contributed by atoms with van der Waals surface area (Å²) in [5.41, 5.74) is -1.69. The number of fused-ring (bicyclic) bond motifs is 1. The van der Waals surface area contributed by atoms with Crippen LogP contribution in [0.2, 0.25) is 0 Å². The van der Waals surface area contributed by atoms with Gasteiger partial charge in [0.15, 0.2) is 5.60 Å². The highest BCUT2D eigenvalue weighted by Gasteiger charge is 2.55.